The largest absolute Gasteiger partial charge is 0.352 e. The molecule has 3 rings (SSSR count). The predicted molar refractivity (Wildman–Crippen MR) is 91.1 cm³/mol. The molecule has 0 aliphatic carbocycles. The molecule has 2 aromatic carbocycles. The van der Waals surface area contributed by atoms with Gasteiger partial charge in [-0.1, -0.05) is 41.9 Å². The number of nitrogens with zero attached hydrogens (tertiary/aromatic N) is 2. The number of amides is 1. The molecule has 0 saturated carbocycles. The highest BCUT2D eigenvalue weighted by atomic mass is 35.5. The van der Waals surface area contributed by atoms with E-state index in [4.69, 9.17) is 11.6 Å². The van der Waals surface area contributed by atoms with Crippen LogP contribution in [0.3, 0.4) is 0 Å². The van der Waals surface area contributed by atoms with Crippen LogP contribution < -0.4 is 5.32 Å². The first-order valence-electron chi connectivity index (χ1n) is 7.35. The molecule has 1 heterocycles. The molecular weight excluding hydrogens is 310 g/mol. The summed E-state index contributed by atoms with van der Waals surface area (Å²) in [5.41, 5.74) is 2.60. The quantitative estimate of drug-likeness (QED) is 0.780. The minimum absolute atomic E-state index is 0.124. The number of nitrogens with one attached hydrogen (secondary N) is 1. The van der Waals surface area contributed by atoms with Crippen molar-refractivity contribution in [3.63, 3.8) is 0 Å². The molecular formula is C18H16ClN3O. The highest BCUT2D eigenvalue weighted by Gasteiger charge is 2.08. The fourth-order valence-corrected chi connectivity index (χ4v) is 2.36. The van der Waals surface area contributed by atoms with Gasteiger partial charge >= 0.3 is 0 Å². The second-order valence-corrected chi connectivity index (χ2v) is 5.58. The molecule has 1 N–H and O–H groups in total. The zero-order chi connectivity index (χ0) is 16.1. The van der Waals surface area contributed by atoms with Crippen molar-refractivity contribution >= 4 is 17.5 Å². The van der Waals surface area contributed by atoms with E-state index in [2.05, 4.69) is 10.4 Å². The van der Waals surface area contributed by atoms with Gasteiger partial charge in [-0.05, 0) is 36.2 Å². The van der Waals surface area contributed by atoms with Crippen molar-refractivity contribution in [2.45, 2.75) is 6.42 Å². The Kier molecular flexibility index (Phi) is 4.74. The van der Waals surface area contributed by atoms with Gasteiger partial charge in [0.15, 0.2) is 0 Å². The number of para-hydroxylation sites is 1. The first-order chi connectivity index (χ1) is 11.2. The molecule has 0 saturated heterocycles. The van der Waals surface area contributed by atoms with E-state index in [1.54, 1.807) is 17.1 Å². The molecule has 1 amide bonds. The van der Waals surface area contributed by atoms with Crippen LogP contribution in [0.25, 0.3) is 5.69 Å². The topological polar surface area (TPSA) is 46.9 Å². The highest BCUT2D eigenvalue weighted by molar-refractivity contribution is 6.30. The van der Waals surface area contributed by atoms with Crippen molar-refractivity contribution in [3.8, 4) is 5.69 Å². The number of hydrogen-bond acceptors (Lipinski definition) is 2. The number of hydrogen-bond donors (Lipinski definition) is 1. The summed E-state index contributed by atoms with van der Waals surface area (Å²) < 4.78 is 1.69. The first-order valence-corrected chi connectivity index (χ1v) is 7.73. The van der Waals surface area contributed by atoms with Crippen molar-refractivity contribution < 1.29 is 4.79 Å². The molecule has 0 bridgehead atoms. The fraction of sp³-hybridized carbons (Fsp3) is 0.111. The molecule has 0 radical (unpaired) electrons. The standard InChI is InChI=1S/C18H16ClN3O/c19-16-8-6-14(7-9-16)10-11-20-18(23)15-12-21-22(13-15)17-4-2-1-3-5-17/h1-9,12-13H,10-11H2,(H,20,23). The summed E-state index contributed by atoms with van der Waals surface area (Å²) in [4.78, 5) is 12.1. The van der Waals surface area contributed by atoms with Crippen molar-refractivity contribution in [3.05, 3.63) is 83.1 Å². The van der Waals surface area contributed by atoms with E-state index in [0.29, 0.717) is 17.1 Å². The summed E-state index contributed by atoms with van der Waals surface area (Å²) in [6.45, 7) is 0.566. The van der Waals surface area contributed by atoms with Gasteiger partial charge in [0.05, 0.1) is 17.4 Å². The lowest BCUT2D eigenvalue weighted by Gasteiger charge is -2.04. The summed E-state index contributed by atoms with van der Waals surface area (Å²) in [5.74, 6) is -0.124. The van der Waals surface area contributed by atoms with E-state index in [1.165, 1.54) is 0 Å². The second-order valence-electron chi connectivity index (χ2n) is 5.14. The van der Waals surface area contributed by atoms with Crippen molar-refractivity contribution in [1.29, 1.82) is 0 Å². The van der Waals surface area contributed by atoms with Crippen LogP contribution in [-0.4, -0.2) is 22.2 Å². The van der Waals surface area contributed by atoms with E-state index in [-0.39, 0.29) is 5.91 Å². The molecule has 0 atom stereocenters. The maximum atomic E-state index is 12.1. The molecule has 0 aliphatic rings. The highest BCUT2D eigenvalue weighted by Crippen LogP contribution is 2.10. The molecule has 0 aliphatic heterocycles. The average molecular weight is 326 g/mol. The molecule has 3 aromatic rings. The number of rotatable bonds is 5. The zero-order valence-corrected chi connectivity index (χ0v) is 13.2. The first kappa shape index (κ1) is 15.3. The van der Waals surface area contributed by atoms with Gasteiger partial charge < -0.3 is 5.32 Å². The van der Waals surface area contributed by atoms with Crippen molar-refractivity contribution in [1.82, 2.24) is 15.1 Å². The zero-order valence-electron chi connectivity index (χ0n) is 12.4. The van der Waals surface area contributed by atoms with Crippen LogP contribution in [0.1, 0.15) is 15.9 Å². The van der Waals surface area contributed by atoms with Gasteiger partial charge in [0.1, 0.15) is 0 Å². The monoisotopic (exact) mass is 325 g/mol. The molecule has 116 valence electrons. The van der Waals surface area contributed by atoms with Gasteiger partial charge in [-0.25, -0.2) is 4.68 Å². The summed E-state index contributed by atoms with van der Waals surface area (Å²) in [6, 6.07) is 17.3. The van der Waals surface area contributed by atoms with Gasteiger partial charge in [0, 0.05) is 17.8 Å². The van der Waals surface area contributed by atoms with E-state index in [9.17, 15) is 4.79 Å². The Bertz CT molecular complexity index is 782. The maximum absolute atomic E-state index is 12.1. The van der Waals surface area contributed by atoms with Crippen molar-refractivity contribution in [2.75, 3.05) is 6.54 Å². The molecule has 5 heteroatoms. The molecule has 0 unspecified atom stereocenters. The van der Waals surface area contributed by atoms with Gasteiger partial charge in [-0.15, -0.1) is 0 Å². The summed E-state index contributed by atoms with van der Waals surface area (Å²) in [7, 11) is 0. The van der Waals surface area contributed by atoms with Crippen LogP contribution in [0.2, 0.25) is 5.02 Å². The number of carbonyl (C=O) groups is 1. The summed E-state index contributed by atoms with van der Waals surface area (Å²) in [5, 5.41) is 7.84. The molecule has 23 heavy (non-hydrogen) atoms. The summed E-state index contributed by atoms with van der Waals surface area (Å²) >= 11 is 5.85. The Balaban J connectivity index is 1.56. The average Bonchev–Trinajstić information content (AvgIpc) is 3.07. The molecule has 0 spiro atoms. The Labute approximate surface area is 139 Å². The van der Waals surface area contributed by atoms with Crippen LogP contribution in [0, 0.1) is 0 Å². The van der Waals surface area contributed by atoms with Crippen LogP contribution in [0.4, 0.5) is 0 Å². The lowest BCUT2D eigenvalue weighted by Crippen LogP contribution is -2.25. The van der Waals surface area contributed by atoms with Crippen LogP contribution in [0.5, 0.6) is 0 Å². The van der Waals surface area contributed by atoms with Crippen LogP contribution >= 0.6 is 11.6 Å². The normalized spacial score (nSPS) is 10.5. The second kappa shape index (κ2) is 7.11. The third-order valence-corrected chi connectivity index (χ3v) is 3.73. The number of aromatic nitrogens is 2. The minimum Gasteiger partial charge on any atom is -0.352 e. The van der Waals surface area contributed by atoms with Gasteiger partial charge in [-0.2, -0.15) is 5.10 Å². The minimum atomic E-state index is -0.124. The van der Waals surface area contributed by atoms with Gasteiger partial charge in [0.25, 0.3) is 5.91 Å². The van der Waals surface area contributed by atoms with E-state index >= 15 is 0 Å². The Morgan fingerprint density at radius 3 is 2.57 bits per heavy atom. The van der Waals surface area contributed by atoms with E-state index in [0.717, 1.165) is 17.7 Å². The Morgan fingerprint density at radius 2 is 1.83 bits per heavy atom. The number of benzene rings is 2. The van der Waals surface area contributed by atoms with Crippen LogP contribution in [-0.2, 0) is 6.42 Å². The molecule has 0 fully saturated rings. The fourth-order valence-electron chi connectivity index (χ4n) is 2.24. The number of halogens is 1. The molecule has 1 aromatic heterocycles. The lowest BCUT2D eigenvalue weighted by atomic mass is 10.1. The SMILES string of the molecule is O=C(NCCc1ccc(Cl)cc1)c1cnn(-c2ccccc2)c1. The van der Waals surface area contributed by atoms with Gasteiger partial charge in [0.2, 0.25) is 0 Å². The van der Waals surface area contributed by atoms with Gasteiger partial charge in [-0.3, -0.25) is 4.79 Å². The van der Waals surface area contributed by atoms with Crippen molar-refractivity contribution in [2.24, 2.45) is 0 Å². The smallest absolute Gasteiger partial charge is 0.254 e. The predicted octanol–water partition coefficient (Wildman–Crippen LogP) is 3.50. The number of carbonyl (C=O) groups excluding carboxylic acids is 1. The third kappa shape index (κ3) is 3.99. The lowest BCUT2D eigenvalue weighted by molar-refractivity contribution is 0.0954. The van der Waals surface area contributed by atoms with Crippen LogP contribution in [0.15, 0.2) is 67.0 Å². The third-order valence-electron chi connectivity index (χ3n) is 3.48. The summed E-state index contributed by atoms with van der Waals surface area (Å²) in [6.07, 6.45) is 4.06. The van der Waals surface area contributed by atoms with E-state index < -0.39 is 0 Å². The Morgan fingerprint density at radius 1 is 1.09 bits per heavy atom. The van der Waals surface area contributed by atoms with E-state index in [1.807, 2.05) is 54.6 Å². The Hall–Kier alpha value is -2.59. The molecule has 4 nitrogen and oxygen atoms in total. The maximum Gasteiger partial charge on any atom is 0.254 e.